The van der Waals surface area contributed by atoms with Crippen molar-refractivity contribution in [3.63, 3.8) is 0 Å². The summed E-state index contributed by atoms with van der Waals surface area (Å²) >= 11 is 12.0. The fourth-order valence-electron chi connectivity index (χ4n) is 2.75. The normalized spacial score (nSPS) is 21.8. The zero-order valence-corrected chi connectivity index (χ0v) is 12.9. The van der Waals surface area contributed by atoms with Crippen LogP contribution in [-0.4, -0.2) is 30.6 Å². The minimum absolute atomic E-state index is 0.181. The van der Waals surface area contributed by atoms with Crippen LogP contribution in [0.3, 0.4) is 0 Å². The van der Waals surface area contributed by atoms with Gasteiger partial charge in [0, 0.05) is 18.1 Å². The first-order valence-electron chi connectivity index (χ1n) is 6.72. The molecule has 1 saturated carbocycles. The van der Waals surface area contributed by atoms with Crippen molar-refractivity contribution in [2.45, 2.75) is 25.3 Å². The van der Waals surface area contributed by atoms with Crippen molar-refractivity contribution in [1.29, 1.82) is 0 Å². The third-order valence-corrected chi connectivity index (χ3v) is 4.47. The lowest BCUT2D eigenvalue weighted by molar-refractivity contribution is 0.190. The van der Waals surface area contributed by atoms with Gasteiger partial charge in [0.2, 0.25) is 0 Å². The van der Waals surface area contributed by atoms with Gasteiger partial charge < -0.3 is 16.0 Å². The second kappa shape index (κ2) is 6.66. The highest BCUT2D eigenvalue weighted by molar-refractivity contribution is 6.35. The zero-order chi connectivity index (χ0) is 14.7. The molecule has 0 spiro atoms. The summed E-state index contributed by atoms with van der Waals surface area (Å²) in [6.45, 7) is 0.611. The monoisotopic (exact) mass is 315 g/mol. The molecule has 2 unspecified atom stereocenters. The lowest BCUT2D eigenvalue weighted by atomic mass is 10.0. The molecule has 2 atom stereocenters. The van der Waals surface area contributed by atoms with Crippen molar-refractivity contribution < 1.29 is 4.79 Å². The van der Waals surface area contributed by atoms with Gasteiger partial charge in [-0.1, -0.05) is 29.6 Å². The predicted molar refractivity (Wildman–Crippen MR) is 83.4 cm³/mol. The molecule has 1 aromatic rings. The smallest absolute Gasteiger partial charge is 0.321 e. The molecule has 1 aliphatic carbocycles. The standard InChI is InChI=1S/C14H19Cl2N3O/c1-19(13-4-2-3-9(13)8-17)14(20)18-12-7-10(15)5-6-11(12)16/h5-7,9,13H,2-4,8,17H2,1H3,(H,18,20). The van der Waals surface area contributed by atoms with E-state index in [1.54, 1.807) is 30.1 Å². The van der Waals surface area contributed by atoms with Gasteiger partial charge in [-0.3, -0.25) is 0 Å². The van der Waals surface area contributed by atoms with E-state index in [9.17, 15) is 4.79 Å². The number of benzene rings is 1. The lowest BCUT2D eigenvalue weighted by Gasteiger charge is -2.29. The van der Waals surface area contributed by atoms with Gasteiger partial charge in [0.05, 0.1) is 10.7 Å². The number of anilines is 1. The third-order valence-electron chi connectivity index (χ3n) is 3.91. The molecule has 0 aromatic heterocycles. The Morgan fingerprint density at radius 2 is 2.20 bits per heavy atom. The number of hydrogen-bond acceptors (Lipinski definition) is 2. The van der Waals surface area contributed by atoms with Crippen LogP contribution in [0.15, 0.2) is 18.2 Å². The summed E-state index contributed by atoms with van der Waals surface area (Å²) in [5.74, 6) is 0.376. The Morgan fingerprint density at radius 3 is 2.90 bits per heavy atom. The predicted octanol–water partition coefficient (Wildman–Crippen LogP) is 3.58. The number of halogens is 2. The summed E-state index contributed by atoms with van der Waals surface area (Å²) < 4.78 is 0. The minimum Gasteiger partial charge on any atom is -0.330 e. The van der Waals surface area contributed by atoms with E-state index in [-0.39, 0.29) is 12.1 Å². The Morgan fingerprint density at radius 1 is 1.45 bits per heavy atom. The van der Waals surface area contributed by atoms with Crippen LogP contribution >= 0.6 is 23.2 Å². The van der Waals surface area contributed by atoms with Gasteiger partial charge in [0.15, 0.2) is 0 Å². The number of nitrogens with two attached hydrogens (primary N) is 1. The van der Waals surface area contributed by atoms with Crippen LogP contribution in [0.25, 0.3) is 0 Å². The van der Waals surface area contributed by atoms with Crippen LogP contribution in [0.2, 0.25) is 10.0 Å². The van der Waals surface area contributed by atoms with Crippen molar-refractivity contribution in [2.75, 3.05) is 18.9 Å². The first kappa shape index (κ1) is 15.4. The number of hydrogen-bond donors (Lipinski definition) is 2. The third kappa shape index (κ3) is 3.37. The Hall–Kier alpha value is -0.970. The summed E-state index contributed by atoms with van der Waals surface area (Å²) in [5.41, 5.74) is 6.29. The Bertz CT molecular complexity index is 495. The number of nitrogens with one attached hydrogen (secondary N) is 1. The molecule has 2 amide bonds. The largest absolute Gasteiger partial charge is 0.330 e. The SMILES string of the molecule is CN(C(=O)Nc1cc(Cl)ccc1Cl)C1CCCC1CN. The molecular formula is C14H19Cl2N3O. The molecule has 1 aromatic carbocycles. The molecule has 0 aliphatic heterocycles. The molecule has 4 nitrogen and oxygen atoms in total. The highest BCUT2D eigenvalue weighted by Gasteiger charge is 2.31. The molecule has 6 heteroatoms. The van der Waals surface area contributed by atoms with Gasteiger partial charge in [-0.2, -0.15) is 0 Å². The topological polar surface area (TPSA) is 58.4 Å². The van der Waals surface area contributed by atoms with Crippen molar-refractivity contribution in [2.24, 2.45) is 11.7 Å². The Balaban J connectivity index is 2.06. The van der Waals surface area contributed by atoms with E-state index in [2.05, 4.69) is 5.32 Å². The molecule has 20 heavy (non-hydrogen) atoms. The van der Waals surface area contributed by atoms with Gasteiger partial charge in [-0.25, -0.2) is 4.79 Å². The molecule has 1 fully saturated rings. The number of amides is 2. The summed E-state index contributed by atoms with van der Waals surface area (Å²) in [6, 6.07) is 5.00. The van der Waals surface area contributed by atoms with Gasteiger partial charge in [0.1, 0.15) is 0 Å². The minimum atomic E-state index is -0.181. The number of carbonyl (C=O) groups is 1. The van der Waals surface area contributed by atoms with Crippen molar-refractivity contribution in [3.05, 3.63) is 28.2 Å². The highest BCUT2D eigenvalue weighted by Crippen LogP contribution is 2.30. The quantitative estimate of drug-likeness (QED) is 0.895. The van der Waals surface area contributed by atoms with Gasteiger partial charge in [0.25, 0.3) is 0 Å². The van der Waals surface area contributed by atoms with Crippen LogP contribution in [0.5, 0.6) is 0 Å². The van der Waals surface area contributed by atoms with Crippen LogP contribution in [-0.2, 0) is 0 Å². The van der Waals surface area contributed by atoms with Gasteiger partial charge in [-0.15, -0.1) is 0 Å². The van der Waals surface area contributed by atoms with E-state index in [0.717, 1.165) is 19.3 Å². The van der Waals surface area contributed by atoms with Crippen LogP contribution in [0.1, 0.15) is 19.3 Å². The maximum atomic E-state index is 12.3. The maximum Gasteiger partial charge on any atom is 0.321 e. The molecule has 3 N–H and O–H groups in total. The van der Waals surface area contributed by atoms with E-state index < -0.39 is 0 Å². The number of carbonyl (C=O) groups excluding carboxylic acids is 1. The van der Waals surface area contributed by atoms with E-state index >= 15 is 0 Å². The van der Waals surface area contributed by atoms with Crippen LogP contribution in [0, 0.1) is 5.92 Å². The first-order valence-corrected chi connectivity index (χ1v) is 7.47. The average Bonchev–Trinajstić information content (AvgIpc) is 2.90. The number of rotatable bonds is 3. The molecule has 0 saturated heterocycles. The summed E-state index contributed by atoms with van der Waals surface area (Å²) in [4.78, 5) is 14.0. The van der Waals surface area contributed by atoms with Crippen molar-refractivity contribution >= 4 is 34.9 Å². The van der Waals surface area contributed by atoms with Crippen LogP contribution < -0.4 is 11.1 Å². The van der Waals surface area contributed by atoms with Crippen molar-refractivity contribution in [3.8, 4) is 0 Å². The van der Waals surface area contributed by atoms with Gasteiger partial charge in [-0.05, 0) is 43.5 Å². The maximum absolute atomic E-state index is 12.3. The Labute approximate surface area is 129 Å². The summed E-state index contributed by atoms with van der Waals surface area (Å²) in [5, 5.41) is 3.81. The molecule has 110 valence electrons. The molecule has 2 rings (SSSR count). The lowest BCUT2D eigenvalue weighted by Crippen LogP contribution is -2.43. The van der Waals surface area contributed by atoms with E-state index in [1.807, 2.05) is 0 Å². The zero-order valence-electron chi connectivity index (χ0n) is 11.4. The molecular weight excluding hydrogens is 297 g/mol. The molecule has 0 radical (unpaired) electrons. The van der Waals surface area contributed by atoms with Crippen LogP contribution in [0.4, 0.5) is 10.5 Å². The highest BCUT2D eigenvalue weighted by atomic mass is 35.5. The molecule has 1 aliphatic rings. The number of urea groups is 1. The second-order valence-corrected chi connectivity index (χ2v) is 6.00. The summed E-state index contributed by atoms with van der Waals surface area (Å²) in [6.07, 6.45) is 3.19. The van der Waals surface area contributed by atoms with E-state index in [1.165, 1.54) is 0 Å². The van der Waals surface area contributed by atoms with E-state index in [4.69, 9.17) is 28.9 Å². The van der Waals surface area contributed by atoms with E-state index in [0.29, 0.717) is 28.2 Å². The van der Waals surface area contributed by atoms with Crippen molar-refractivity contribution in [1.82, 2.24) is 4.90 Å². The first-order chi connectivity index (χ1) is 9.52. The average molecular weight is 316 g/mol. The fraction of sp³-hybridized carbons (Fsp3) is 0.500. The molecule has 0 heterocycles. The second-order valence-electron chi connectivity index (χ2n) is 5.16. The Kier molecular flexibility index (Phi) is 5.13. The summed E-state index contributed by atoms with van der Waals surface area (Å²) in [7, 11) is 1.80. The molecule has 0 bridgehead atoms. The fourth-order valence-corrected chi connectivity index (χ4v) is 3.09. The number of nitrogens with zero attached hydrogens (tertiary/aromatic N) is 1. The van der Waals surface area contributed by atoms with Gasteiger partial charge >= 0.3 is 6.03 Å².